The Hall–Kier alpha value is -0.880. The van der Waals surface area contributed by atoms with Crippen LogP contribution in [0.5, 0.6) is 0 Å². The van der Waals surface area contributed by atoms with Crippen molar-refractivity contribution in [1.29, 1.82) is 0 Å². The number of H-pyrrole nitrogens is 1. The third-order valence-corrected chi connectivity index (χ3v) is 4.78. The zero-order chi connectivity index (χ0) is 13.8. The maximum Gasteiger partial charge on any atom is 0.0703 e. The summed E-state index contributed by atoms with van der Waals surface area (Å²) in [6, 6.07) is 2.15. The first-order valence-electron chi connectivity index (χ1n) is 7.34. The van der Waals surface area contributed by atoms with Crippen molar-refractivity contribution < 1.29 is 0 Å². The van der Waals surface area contributed by atoms with Crippen molar-refractivity contribution in [2.24, 2.45) is 11.7 Å². The molecular formula is C15H23ClN4S. The summed E-state index contributed by atoms with van der Waals surface area (Å²) in [4.78, 5) is 2.55. The van der Waals surface area contributed by atoms with E-state index in [0.717, 1.165) is 25.4 Å². The topological polar surface area (TPSA) is 57.9 Å². The van der Waals surface area contributed by atoms with E-state index in [2.05, 4.69) is 31.9 Å². The van der Waals surface area contributed by atoms with Crippen LogP contribution in [-0.4, -0.2) is 34.7 Å². The highest BCUT2D eigenvalue weighted by Gasteiger charge is 2.20. The number of nitrogens with two attached hydrogens (primary N) is 1. The SMILES string of the molecule is Cl.NCCC1CCCN(Cc2cn[nH]c2-c2ccsc2)C1. The maximum absolute atomic E-state index is 5.70. The molecule has 116 valence electrons. The van der Waals surface area contributed by atoms with Crippen molar-refractivity contribution in [3.05, 3.63) is 28.6 Å². The molecule has 6 heteroatoms. The predicted molar refractivity (Wildman–Crippen MR) is 90.8 cm³/mol. The average Bonchev–Trinajstić information content (AvgIpc) is 3.10. The summed E-state index contributed by atoms with van der Waals surface area (Å²) < 4.78 is 0. The highest BCUT2D eigenvalue weighted by molar-refractivity contribution is 7.08. The summed E-state index contributed by atoms with van der Waals surface area (Å²) in [5.41, 5.74) is 9.42. The van der Waals surface area contributed by atoms with Crippen molar-refractivity contribution in [3.63, 3.8) is 0 Å². The molecule has 3 N–H and O–H groups in total. The molecule has 21 heavy (non-hydrogen) atoms. The zero-order valence-electron chi connectivity index (χ0n) is 12.1. The number of piperidine rings is 1. The minimum Gasteiger partial charge on any atom is -0.330 e. The van der Waals surface area contributed by atoms with Gasteiger partial charge in [0.15, 0.2) is 0 Å². The molecule has 1 atom stereocenters. The van der Waals surface area contributed by atoms with Crippen LogP contribution in [0.25, 0.3) is 11.3 Å². The lowest BCUT2D eigenvalue weighted by Crippen LogP contribution is -2.35. The van der Waals surface area contributed by atoms with Crippen LogP contribution in [-0.2, 0) is 6.54 Å². The molecule has 0 radical (unpaired) electrons. The second-order valence-electron chi connectivity index (χ2n) is 5.60. The number of likely N-dealkylation sites (tertiary alicyclic amines) is 1. The largest absolute Gasteiger partial charge is 0.330 e. The first-order valence-corrected chi connectivity index (χ1v) is 8.28. The van der Waals surface area contributed by atoms with Crippen LogP contribution in [0.3, 0.4) is 0 Å². The van der Waals surface area contributed by atoms with E-state index in [1.165, 1.54) is 42.8 Å². The molecule has 1 aliphatic rings. The summed E-state index contributed by atoms with van der Waals surface area (Å²) in [6.45, 7) is 4.16. The first-order chi connectivity index (χ1) is 9.86. The van der Waals surface area contributed by atoms with E-state index < -0.39 is 0 Å². The molecule has 1 fully saturated rings. The van der Waals surface area contributed by atoms with E-state index in [1.54, 1.807) is 11.3 Å². The van der Waals surface area contributed by atoms with Crippen molar-refractivity contribution in [2.45, 2.75) is 25.8 Å². The Morgan fingerprint density at radius 1 is 1.48 bits per heavy atom. The fourth-order valence-corrected chi connectivity index (χ4v) is 3.74. The number of hydrogen-bond donors (Lipinski definition) is 2. The second-order valence-corrected chi connectivity index (χ2v) is 6.38. The van der Waals surface area contributed by atoms with Gasteiger partial charge < -0.3 is 5.73 Å². The van der Waals surface area contributed by atoms with Crippen LogP contribution < -0.4 is 5.73 Å². The van der Waals surface area contributed by atoms with Crippen molar-refractivity contribution in [2.75, 3.05) is 19.6 Å². The predicted octanol–water partition coefficient (Wildman–Crippen LogP) is 3.12. The zero-order valence-corrected chi connectivity index (χ0v) is 13.8. The summed E-state index contributed by atoms with van der Waals surface area (Å²) in [5, 5.41) is 11.7. The van der Waals surface area contributed by atoms with Crippen molar-refractivity contribution in [3.8, 4) is 11.3 Å². The minimum atomic E-state index is 0. The molecule has 0 saturated carbocycles. The fourth-order valence-electron chi connectivity index (χ4n) is 3.09. The molecule has 0 bridgehead atoms. The van der Waals surface area contributed by atoms with Crippen LogP contribution in [0.2, 0.25) is 0 Å². The molecule has 2 aromatic rings. The van der Waals surface area contributed by atoms with E-state index in [0.29, 0.717) is 0 Å². The third-order valence-electron chi connectivity index (χ3n) is 4.10. The van der Waals surface area contributed by atoms with Crippen LogP contribution in [0, 0.1) is 5.92 Å². The Morgan fingerprint density at radius 3 is 3.14 bits per heavy atom. The molecule has 2 aromatic heterocycles. The Bertz CT molecular complexity index is 524. The number of halogens is 1. The standard InChI is InChI=1S/C15H22N4S.ClH/c16-5-3-12-2-1-6-19(9-12)10-14-8-17-18-15(14)13-4-7-20-11-13;/h4,7-8,11-12H,1-3,5-6,9-10,16H2,(H,17,18);1H. The normalized spacial score (nSPS) is 19.4. The summed E-state index contributed by atoms with van der Waals surface area (Å²) in [7, 11) is 0. The third kappa shape index (κ3) is 4.07. The summed E-state index contributed by atoms with van der Waals surface area (Å²) >= 11 is 1.72. The molecule has 0 amide bonds. The Balaban J connectivity index is 0.00000161. The van der Waals surface area contributed by atoms with Gasteiger partial charge in [0.05, 0.1) is 11.9 Å². The van der Waals surface area contributed by atoms with Gasteiger partial charge in [-0.2, -0.15) is 16.4 Å². The Morgan fingerprint density at radius 2 is 2.38 bits per heavy atom. The van der Waals surface area contributed by atoms with Gasteiger partial charge in [-0.3, -0.25) is 10.00 Å². The highest BCUT2D eigenvalue weighted by atomic mass is 35.5. The van der Waals surface area contributed by atoms with Crippen LogP contribution >= 0.6 is 23.7 Å². The van der Waals surface area contributed by atoms with Crippen LogP contribution in [0.4, 0.5) is 0 Å². The fraction of sp³-hybridized carbons (Fsp3) is 0.533. The second kappa shape index (κ2) is 7.94. The molecule has 4 nitrogen and oxygen atoms in total. The van der Waals surface area contributed by atoms with Crippen molar-refractivity contribution in [1.82, 2.24) is 15.1 Å². The van der Waals surface area contributed by atoms with Gasteiger partial charge in [-0.25, -0.2) is 0 Å². The Labute approximate surface area is 136 Å². The van der Waals surface area contributed by atoms with E-state index in [-0.39, 0.29) is 12.4 Å². The van der Waals surface area contributed by atoms with Gasteiger partial charge in [0.25, 0.3) is 0 Å². The van der Waals surface area contributed by atoms with Gasteiger partial charge in [-0.05, 0) is 49.7 Å². The Kier molecular flexibility index (Phi) is 6.23. The number of thiophene rings is 1. The van der Waals surface area contributed by atoms with Gasteiger partial charge in [0.2, 0.25) is 0 Å². The highest BCUT2D eigenvalue weighted by Crippen LogP contribution is 2.26. The maximum atomic E-state index is 5.70. The summed E-state index contributed by atoms with van der Waals surface area (Å²) in [6.07, 6.45) is 5.74. The van der Waals surface area contributed by atoms with Gasteiger partial charge >= 0.3 is 0 Å². The lowest BCUT2D eigenvalue weighted by atomic mass is 9.94. The molecule has 1 aliphatic heterocycles. The summed E-state index contributed by atoms with van der Waals surface area (Å²) in [5.74, 6) is 0.769. The molecule has 3 heterocycles. The molecule has 0 spiro atoms. The van der Waals surface area contributed by atoms with Gasteiger partial charge in [-0.1, -0.05) is 0 Å². The lowest BCUT2D eigenvalue weighted by Gasteiger charge is -2.32. The van der Waals surface area contributed by atoms with E-state index in [9.17, 15) is 0 Å². The first kappa shape index (κ1) is 16.5. The number of hydrogen-bond acceptors (Lipinski definition) is 4. The molecular weight excluding hydrogens is 304 g/mol. The van der Waals surface area contributed by atoms with Gasteiger partial charge in [0, 0.05) is 29.6 Å². The average molecular weight is 327 g/mol. The molecule has 0 aliphatic carbocycles. The number of rotatable bonds is 5. The number of aromatic amines is 1. The van der Waals surface area contributed by atoms with E-state index >= 15 is 0 Å². The molecule has 0 aromatic carbocycles. The van der Waals surface area contributed by atoms with Crippen LogP contribution in [0.1, 0.15) is 24.8 Å². The van der Waals surface area contributed by atoms with Gasteiger partial charge in [0.1, 0.15) is 0 Å². The van der Waals surface area contributed by atoms with E-state index in [1.807, 2.05) is 6.20 Å². The number of nitrogens with one attached hydrogen (secondary N) is 1. The van der Waals surface area contributed by atoms with Gasteiger partial charge in [-0.15, -0.1) is 12.4 Å². The van der Waals surface area contributed by atoms with E-state index in [4.69, 9.17) is 5.73 Å². The monoisotopic (exact) mass is 326 g/mol. The lowest BCUT2D eigenvalue weighted by molar-refractivity contribution is 0.163. The molecule has 3 rings (SSSR count). The molecule has 1 unspecified atom stereocenters. The number of aromatic nitrogens is 2. The smallest absolute Gasteiger partial charge is 0.0703 e. The molecule has 1 saturated heterocycles. The minimum absolute atomic E-state index is 0. The van der Waals surface area contributed by atoms with Crippen LogP contribution in [0.15, 0.2) is 23.0 Å². The van der Waals surface area contributed by atoms with Crippen molar-refractivity contribution >= 4 is 23.7 Å². The quantitative estimate of drug-likeness (QED) is 0.887. The number of nitrogens with zero attached hydrogens (tertiary/aromatic N) is 2.